The van der Waals surface area contributed by atoms with E-state index in [0.717, 1.165) is 11.6 Å². The highest BCUT2D eigenvalue weighted by Gasteiger charge is 2.16. The predicted molar refractivity (Wildman–Crippen MR) is 96.8 cm³/mol. The van der Waals surface area contributed by atoms with E-state index in [9.17, 15) is 14.0 Å². The second-order valence-electron chi connectivity index (χ2n) is 5.78. The summed E-state index contributed by atoms with van der Waals surface area (Å²) in [5, 5.41) is 2.62. The molecule has 0 aliphatic carbocycles. The van der Waals surface area contributed by atoms with Crippen LogP contribution in [0.25, 0.3) is 17.2 Å². The smallest absolute Gasteiger partial charge is 0.331 e. The van der Waals surface area contributed by atoms with Crippen molar-refractivity contribution in [2.45, 2.75) is 19.6 Å². The van der Waals surface area contributed by atoms with E-state index in [1.807, 2.05) is 12.1 Å². The van der Waals surface area contributed by atoms with Gasteiger partial charge in [0.1, 0.15) is 11.3 Å². The molecule has 0 saturated heterocycles. The highest BCUT2D eigenvalue weighted by Crippen LogP contribution is 2.15. The summed E-state index contributed by atoms with van der Waals surface area (Å²) in [6.45, 7) is 1.67. The molecule has 0 spiro atoms. The van der Waals surface area contributed by atoms with Gasteiger partial charge >= 0.3 is 5.97 Å². The largest absolute Gasteiger partial charge is 0.449 e. The van der Waals surface area contributed by atoms with E-state index < -0.39 is 18.0 Å². The van der Waals surface area contributed by atoms with Gasteiger partial charge in [0.15, 0.2) is 11.7 Å². The van der Waals surface area contributed by atoms with Crippen LogP contribution in [-0.2, 0) is 20.9 Å². The number of oxazole rings is 1. The Hall–Kier alpha value is -3.48. The second-order valence-corrected chi connectivity index (χ2v) is 5.78. The Morgan fingerprint density at radius 1 is 1.22 bits per heavy atom. The lowest BCUT2D eigenvalue weighted by atomic mass is 10.2. The number of halogens is 1. The molecule has 0 saturated carbocycles. The summed E-state index contributed by atoms with van der Waals surface area (Å²) in [7, 11) is 0. The van der Waals surface area contributed by atoms with Gasteiger partial charge in [0.2, 0.25) is 5.89 Å². The minimum absolute atomic E-state index is 0.208. The molecule has 1 heterocycles. The first kappa shape index (κ1) is 18.3. The van der Waals surface area contributed by atoms with Crippen LogP contribution in [0.1, 0.15) is 18.4 Å². The van der Waals surface area contributed by atoms with Gasteiger partial charge in [0.05, 0.1) is 0 Å². The van der Waals surface area contributed by atoms with E-state index in [4.69, 9.17) is 9.15 Å². The number of benzene rings is 2. The average molecular weight is 368 g/mol. The van der Waals surface area contributed by atoms with E-state index in [0.29, 0.717) is 11.1 Å². The van der Waals surface area contributed by atoms with E-state index in [1.165, 1.54) is 25.1 Å². The molecule has 1 aromatic heterocycles. The number of nitrogens with zero attached hydrogens (tertiary/aromatic N) is 1. The fourth-order valence-electron chi connectivity index (χ4n) is 2.30. The first-order valence-electron chi connectivity index (χ1n) is 8.28. The zero-order chi connectivity index (χ0) is 19.2. The molecule has 0 bridgehead atoms. The molecule has 1 amide bonds. The van der Waals surface area contributed by atoms with E-state index in [-0.39, 0.29) is 18.3 Å². The maximum atomic E-state index is 12.9. The molecule has 6 nitrogen and oxygen atoms in total. The van der Waals surface area contributed by atoms with Gasteiger partial charge in [0.25, 0.3) is 5.91 Å². The van der Waals surface area contributed by atoms with Crippen molar-refractivity contribution in [2.24, 2.45) is 0 Å². The normalized spacial score (nSPS) is 12.2. The van der Waals surface area contributed by atoms with Crippen LogP contribution in [0.3, 0.4) is 0 Å². The third-order valence-electron chi connectivity index (χ3n) is 3.71. The molecule has 1 atom stereocenters. The zero-order valence-electron chi connectivity index (χ0n) is 14.5. The van der Waals surface area contributed by atoms with Crippen molar-refractivity contribution in [3.63, 3.8) is 0 Å². The van der Waals surface area contributed by atoms with Crippen LogP contribution >= 0.6 is 0 Å². The summed E-state index contributed by atoms with van der Waals surface area (Å²) < 4.78 is 23.4. The van der Waals surface area contributed by atoms with E-state index in [1.54, 1.807) is 24.3 Å². The Balaban J connectivity index is 1.50. The number of carbonyl (C=O) groups is 2. The van der Waals surface area contributed by atoms with Crippen LogP contribution in [0.15, 0.2) is 59.0 Å². The third-order valence-corrected chi connectivity index (χ3v) is 3.71. The zero-order valence-corrected chi connectivity index (χ0v) is 14.5. The van der Waals surface area contributed by atoms with Crippen molar-refractivity contribution in [1.29, 1.82) is 0 Å². The summed E-state index contributed by atoms with van der Waals surface area (Å²) >= 11 is 0. The first-order valence-corrected chi connectivity index (χ1v) is 8.28. The molecule has 138 valence electrons. The molecule has 0 fully saturated rings. The Bertz CT molecular complexity index is 946. The molecule has 7 heteroatoms. The molecule has 2 aromatic carbocycles. The van der Waals surface area contributed by atoms with Gasteiger partial charge in [-0.2, -0.15) is 0 Å². The van der Waals surface area contributed by atoms with Gasteiger partial charge in [0, 0.05) is 18.7 Å². The lowest BCUT2D eigenvalue weighted by Gasteiger charge is -2.12. The first-order chi connectivity index (χ1) is 13.0. The Labute approximate surface area is 154 Å². The van der Waals surface area contributed by atoms with E-state index >= 15 is 0 Å². The van der Waals surface area contributed by atoms with Crippen molar-refractivity contribution in [2.75, 3.05) is 0 Å². The monoisotopic (exact) mass is 368 g/mol. The predicted octanol–water partition coefficient (Wildman–Crippen LogP) is 3.23. The molecular weight excluding hydrogens is 351 g/mol. The average Bonchev–Trinajstić information content (AvgIpc) is 3.08. The van der Waals surface area contributed by atoms with Crippen LogP contribution in [-0.4, -0.2) is 23.0 Å². The van der Waals surface area contributed by atoms with Gasteiger partial charge in [-0.1, -0.05) is 24.3 Å². The minimum Gasteiger partial charge on any atom is -0.449 e. The molecular formula is C20H17FN2O4. The second kappa shape index (κ2) is 8.27. The lowest BCUT2D eigenvalue weighted by molar-refractivity contribution is -0.150. The van der Waals surface area contributed by atoms with Gasteiger partial charge in [-0.15, -0.1) is 0 Å². The Morgan fingerprint density at radius 3 is 2.70 bits per heavy atom. The molecule has 0 unspecified atom stereocenters. The summed E-state index contributed by atoms with van der Waals surface area (Å²) in [6, 6.07) is 13.0. The van der Waals surface area contributed by atoms with Gasteiger partial charge in [-0.05, 0) is 36.8 Å². The molecule has 3 rings (SSSR count). The van der Waals surface area contributed by atoms with Crippen LogP contribution in [0.5, 0.6) is 0 Å². The van der Waals surface area contributed by atoms with Gasteiger partial charge in [-0.25, -0.2) is 14.2 Å². The van der Waals surface area contributed by atoms with Gasteiger partial charge < -0.3 is 14.5 Å². The summed E-state index contributed by atoms with van der Waals surface area (Å²) in [5.41, 5.74) is 2.03. The number of para-hydroxylation sites is 2. The molecule has 27 heavy (non-hydrogen) atoms. The van der Waals surface area contributed by atoms with Gasteiger partial charge in [-0.3, -0.25) is 4.79 Å². The number of hydrogen-bond acceptors (Lipinski definition) is 5. The summed E-state index contributed by atoms with van der Waals surface area (Å²) in [4.78, 5) is 28.1. The number of ether oxygens (including phenoxy) is 1. The van der Waals surface area contributed by atoms with Crippen molar-refractivity contribution in [1.82, 2.24) is 10.3 Å². The van der Waals surface area contributed by atoms with Crippen molar-refractivity contribution >= 4 is 29.1 Å². The number of amides is 1. The highest BCUT2D eigenvalue weighted by atomic mass is 19.1. The fraction of sp³-hybridized carbons (Fsp3) is 0.150. The Morgan fingerprint density at radius 2 is 1.96 bits per heavy atom. The van der Waals surface area contributed by atoms with Crippen LogP contribution < -0.4 is 5.32 Å². The molecule has 0 aliphatic heterocycles. The topological polar surface area (TPSA) is 81.4 Å². The lowest BCUT2D eigenvalue weighted by Crippen LogP contribution is -2.35. The highest BCUT2D eigenvalue weighted by molar-refractivity contribution is 5.90. The molecule has 1 N–H and O–H groups in total. The molecule has 3 aromatic rings. The number of hydrogen-bond donors (Lipinski definition) is 1. The maximum absolute atomic E-state index is 12.9. The number of fused-ring (bicyclic) bond motifs is 1. The SMILES string of the molecule is C[C@H](OC(=O)/C=C/c1nc2ccccc2o1)C(=O)NCc1ccc(F)cc1. The molecule has 0 aliphatic rings. The maximum Gasteiger partial charge on any atom is 0.331 e. The molecule has 0 radical (unpaired) electrons. The van der Waals surface area contributed by atoms with Crippen LogP contribution in [0.2, 0.25) is 0 Å². The van der Waals surface area contributed by atoms with Crippen molar-refractivity contribution < 1.29 is 23.1 Å². The Kier molecular flexibility index (Phi) is 5.61. The van der Waals surface area contributed by atoms with Crippen molar-refractivity contribution in [3.8, 4) is 0 Å². The minimum atomic E-state index is -0.980. The summed E-state index contributed by atoms with van der Waals surface area (Å²) in [6.07, 6.45) is 1.55. The van der Waals surface area contributed by atoms with Crippen molar-refractivity contribution in [3.05, 3.63) is 71.9 Å². The number of carbonyl (C=O) groups excluding carboxylic acids is 2. The number of nitrogens with one attached hydrogen (secondary N) is 1. The van der Waals surface area contributed by atoms with Crippen LogP contribution in [0.4, 0.5) is 4.39 Å². The number of esters is 1. The number of aromatic nitrogens is 1. The van der Waals surface area contributed by atoms with Crippen LogP contribution in [0, 0.1) is 5.82 Å². The third kappa shape index (κ3) is 5.01. The quantitative estimate of drug-likeness (QED) is 0.534. The fourth-order valence-corrected chi connectivity index (χ4v) is 2.30. The summed E-state index contributed by atoms with van der Waals surface area (Å²) in [5.74, 6) is -1.23. The van der Waals surface area contributed by atoms with E-state index in [2.05, 4.69) is 10.3 Å². The standard InChI is InChI=1S/C20H17FN2O4/c1-13(20(25)22-12-14-6-8-15(21)9-7-14)26-19(24)11-10-18-23-16-4-2-3-5-17(16)27-18/h2-11,13H,12H2,1H3,(H,22,25)/b11-10+/t13-/m0/s1. The number of rotatable bonds is 6.